The third-order valence-electron chi connectivity index (χ3n) is 2.94. The summed E-state index contributed by atoms with van der Waals surface area (Å²) >= 11 is 3.44. The number of rotatable bonds is 6. The lowest BCUT2D eigenvalue weighted by molar-refractivity contribution is 0.0626. The highest BCUT2D eigenvalue weighted by atomic mass is 79.9. The number of halogens is 1. The summed E-state index contributed by atoms with van der Waals surface area (Å²) in [5, 5.41) is 13.9. The monoisotopic (exact) mass is 327 g/mol. The number of nitrogens with one attached hydrogen (secondary N) is 1. The highest BCUT2D eigenvalue weighted by Crippen LogP contribution is 2.26. The Hall–Kier alpha value is -0.880. The number of benzene rings is 1. The number of hydrogen-bond donors (Lipinski definition) is 2. The summed E-state index contributed by atoms with van der Waals surface area (Å²) in [6, 6.07) is 7.97. The summed E-state index contributed by atoms with van der Waals surface area (Å²) in [6.45, 7) is 2.80. The van der Waals surface area contributed by atoms with E-state index >= 15 is 0 Å². The van der Waals surface area contributed by atoms with Gasteiger partial charge in [0.2, 0.25) is 0 Å². The van der Waals surface area contributed by atoms with Crippen LogP contribution in [0, 0.1) is 0 Å². The fourth-order valence-electron chi connectivity index (χ4n) is 1.91. The molecular weight excluding hydrogens is 310 g/mol. The van der Waals surface area contributed by atoms with Crippen LogP contribution in [0.2, 0.25) is 0 Å². The van der Waals surface area contributed by atoms with Crippen molar-refractivity contribution in [3.63, 3.8) is 0 Å². The largest absolute Gasteiger partial charge is 0.459 e. The van der Waals surface area contributed by atoms with Crippen LogP contribution in [0.1, 0.15) is 18.7 Å². The second-order valence-electron chi connectivity index (χ2n) is 4.57. The topological polar surface area (TPSA) is 54.6 Å². The molecule has 1 aromatic heterocycles. The first-order valence-electron chi connectivity index (χ1n) is 6.19. The summed E-state index contributed by atoms with van der Waals surface area (Å²) in [6.07, 6.45) is -0.508. The minimum Gasteiger partial charge on any atom is -0.459 e. The standard InChI is InChI=1S/C14H18BrNO3/c1-9(16-7-12(17)8-18-2)14-6-10-5-11(15)3-4-13(10)19-14/h3-6,9,12,16-17H,7-8H2,1-2H3. The van der Waals surface area contributed by atoms with Crippen molar-refractivity contribution in [1.29, 1.82) is 0 Å². The lowest BCUT2D eigenvalue weighted by Gasteiger charge is -2.14. The molecular formula is C14H18BrNO3. The van der Waals surface area contributed by atoms with Gasteiger partial charge in [-0.1, -0.05) is 15.9 Å². The maximum Gasteiger partial charge on any atom is 0.134 e. The van der Waals surface area contributed by atoms with Crippen LogP contribution in [0.25, 0.3) is 11.0 Å². The zero-order valence-corrected chi connectivity index (χ0v) is 12.6. The Morgan fingerprint density at radius 3 is 2.95 bits per heavy atom. The molecule has 0 aliphatic carbocycles. The Morgan fingerprint density at radius 1 is 1.42 bits per heavy atom. The predicted octanol–water partition coefficient (Wildman–Crippen LogP) is 2.85. The van der Waals surface area contributed by atoms with Crippen molar-refractivity contribution in [2.45, 2.75) is 19.1 Å². The molecule has 5 heteroatoms. The van der Waals surface area contributed by atoms with E-state index in [0.717, 1.165) is 21.2 Å². The van der Waals surface area contributed by atoms with Crippen molar-refractivity contribution in [2.75, 3.05) is 20.3 Å². The Labute approximate surface area is 120 Å². The normalized spacial score (nSPS) is 14.7. The number of ether oxygens (including phenoxy) is 1. The van der Waals surface area contributed by atoms with E-state index in [1.54, 1.807) is 7.11 Å². The van der Waals surface area contributed by atoms with E-state index in [9.17, 15) is 5.11 Å². The van der Waals surface area contributed by atoms with Gasteiger partial charge in [0.1, 0.15) is 11.3 Å². The van der Waals surface area contributed by atoms with Crippen LogP contribution in [0.4, 0.5) is 0 Å². The van der Waals surface area contributed by atoms with E-state index in [1.165, 1.54) is 0 Å². The molecule has 0 fully saturated rings. The Morgan fingerprint density at radius 2 is 2.21 bits per heavy atom. The van der Waals surface area contributed by atoms with Gasteiger partial charge in [-0.05, 0) is 31.2 Å². The Balaban J connectivity index is 2.02. The van der Waals surface area contributed by atoms with Crippen molar-refractivity contribution in [3.05, 3.63) is 34.5 Å². The van der Waals surface area contributed by atoms with E-state index in [-0.39, 0.29) is 6.04 Å². The van der Waals surface area contributed by atoms with E-state index in [4.69, 9.17) is 9.15 Å². The van der Waals surface area contributed by atoms with Crippen LogP contribution in [0.3, 0.4) is 0 Å². The molecule has 0 saturated heterocycles. The van der Waals surface area contributed by atoms with Gasteiger partial charge in [0.15, 0.2) is 0 Å². The van der Waals surface area contributed by atoms with Gasteiger partial charge in [0, 0.05) is 23.5 Å². The van der Waals surface area contributed by atoms with Gasteiger partial charge in [0.25, 0.3) is 0 Å². The number of aliphatic hydroxyl groups is 1. The third kappa shape index (κ3) is 3.79. The van der Waals surface area contributed by atoms with Crippen LogP contribution in [0.5, 0.6) is 0 Å². The molecule has 0 aliphatic rings. The van der Waals surface area contributed by atoms with Crippen LogP contribution in [0.15, 0.2) is 33.2 Å². The average molecular weight is 328 g/mol. The van der Waals surface area contributed by atoms with Crippen molar-refractivity contribution in [3.8, 4) is 0 Å². The summed E-state index contributed by atoms with van der Waals surface area (Å²) in [5.41, 5.74) is 0.865. The summed E-state index contributed by atoms with van der Waals surface area (Å²) < 4.78 is 11.7. The molecule has 2 aromatic rings. The molecule has 0 bridgehead atoms. The van der Waals surface area contributed by atoms with E-state index in [2.05, 4.69) is 21.2 Å². The van der Waals surface area contributed by atoms with Crippen molar-refractivity contribution < 1.29 is 14.3 Å². The molecule has 0 amide bonds. The van der Waals surface area contributed by atoms with Crippen molar-refractivity contribution in [1.82, 2.24) is 5.32 Å². The molecule has 4 nitrogen and oxygen atoms in total. The van der Waals surface area contributed by atoms with Gasteiger partial charge < -0.3 is 19.6 Å². The second kappa shape index (κ2) is 6.52. The first kappa shape index (κ1) is 14.5. The fraction of sp³-hybridized carbons (Fsp3) is 0.429. The molecule has 19 heavy (non-hydrogen) atoms. The maximum atomic E-state index is 9.60. The lowest BCUT2D eigenvalue weighted by Crippen LogP contribution is -2.31. The first-order valence-corrected chi connectivity index (χ1v) is 6.99. The van der Waals surface area contributed by atoms with Crippen LogP contribution in [-0.4, -0.2) is 31.5 Å². The summed E-state index contributed by atoms with van der Waals surface area (Å²) in [7, 11) is 1.57. The average Bonchev–Trinajstić information content (AvgIpc) is 2.79. The van der Waals surface area contributed by atoms with Gasteiger partial charge in [-0.3, -0.25) is 0 Å². The molecule has 0 spiro atoms. The van der Waals surface area contributed by atoms with Crippen LogP contribution >= 0.6 is 15.9 Å². The first-order chi connectivity index (χ1) is 9.10. The minimum atomic E-state index is -0.508. The smallest absolute Gasteiger partial charge is 0.134 e. The highest BCUT2D eigenvalue weighted by molar-refractivity contribution is 9.10. The Kier molecular flexibility index (Phi) is 4.99. The molecule has 104 valence electrons. The Bertz CT molecular complexity index is 540. The molecule has 0 radical (unpaired) electrons. The van der Waals surface area contributed by atoms with Gasteiger partial charge in [-0.2, -0.15) is 0 Å². The van der Waals surface area contributed by atoms with E-state index < -0.39 is 6.10 Å². The van der Waals surface area contributed by atoms with Crippen LogP contribution in [-0.2, 0) is 4.74 Å². The number of fused-ring (bicyclic) bond motifs is 1. The fourth-order valence-corrected chi connectivity index (χ4v) is 2.29. The summed E-state index contributed by atoms with van der Waals surface area (Å²) in [4.78, 5) is 0. The predicted molar refractivity (Wildman–Crippen MR) is 78.2 cm³/mol. The zero-order chi connectivity index (χ0) is 13.8. The van der Waals surface area contributed by atoms with E-state index in [1.807, 2.05) is 31.2 Å². The molecule has 0 aliphatic heterocycles. The number of hydrogen-bond acceptors (Lipinski definition) is 4. The molecule has 2 N–H and O–H groups in total. The number of methoxy groups -OCH3 is 1. The molecule has 0 saturated carbocycles. The van der Waals surface area contributed by atoms with E-state index in [0.29, 0.717) is 13.2 Å². The lowest BCUT2D eigenvalue weighted by atomic mass is 10.2. The van der Waals surface area contributed by atoms with Crippen LogP contribution < -0.4 is 5.32 Å². The molecule has 2 unspecified atom stereocenters. The van der Waals surface area contributed by atoms with Gasteiger partial charge in [0.05, 0.1) is 18.8 Å². The van der Waals surface area contributed by atoms with Crippen molar-refractivity contribution >= 4 is 26.9 Å². The van der Waals surface area contributed by atoms with Crippen molar-refractivity contribution in [2.24, 2.45) is 0 Å². The molecule has 1 aromatic carbocycles. The molecule has 2 rings (SSSR count). The summed E-state index contributed by atoms with van der Waals surface area (Å²) in [5.74, 6) is 0.859. The molecule has 1 heterocycles. The van der Waals surface area contributed by atoms with Gasteiger partial charge in [-0.15, -0.1) is 0 Å². The van der Waals surface area contributed by atoms with Gasteiger partial charge in [-0.25, -0.2) is 0 Å². The second-order valence-corrected chi connectivity index (χ2v) is 5.49. The minimum absolute atomic E-state index is 0.0395. The SMILES string of the molecule is COCC(O)CNC(C)c1cc2cc(Br)ccc2o1. The maximum absolute atomic E-state index is 9.60. The zero-order valence-electron chi connectivity index (χ0n) is 11.0. The molecule has 2 atom stereocenters. The quantitative estimate of drug-likeness (QED) is 0.856. The third-order valence-corrected chi connectivity index (χ3v) is 3.44. The van der Waals surface area contributed by atoms with Gasteiger partial charge >= 0.3 is 0 Å². The number of furan rings is 1. The number of aliphatic hydroxyl groups excluding tert-OH is 1. The highest BCUT2D eigenvalue weighted by Gasteiger charge is 2.13.